The number of nitrogens with zero attached hydrogens (tertiary/aromatic N) is 2. The fraction of sp³-hybridized carbons (Fsp3) is 0.278. The van der Waals surface area contributed by atoms with Gasteiger partial charge in [-0.2, -0.15) is 0 Å². The maximum atomic E-state index is 12.3. The maximum absolute atomic E-state index is 12.3. The van der Waals surface area contributed by atoms with E-state index in [4.69, 9.17) is 4.74 Å². The summed E-state index contributed by atoms with van der Waals surface area (Å²) >= 11 is 1.11. The minimum absolute atomic E-state index is 0.182. The van der Waals surface area contributed by atoms with Crippen LogP contribution in [0.25, 0.3) is 10.9 Å². The molecule has 1 N–H and O–H groups in total. The average molecular weight is 357 g/mol. The number of nitrogens with one attached hydrogen (secondary N) is 1. The molecule has 0 aliphatic carbocycles. The number of fused-ring (bicyclic) bond motifs is 1. The number of aromatic nitrogens is 2. The van der Waals surface area contributed by atoms with Gasteiger partial charge in [-0.25, -0.2) is 9.78 Å². The second-order valence-corrected chi connectivity index (χ2v) is 6.66. The Morgan fingerprint density at radius 2 is 2.12 bits per heavy atom. The fourth-order valence-electron chi connectivity index (χ4n) is 2.65. The summed E-state index contributed by atoms with van der Waals surface area (Å²) in [5, 5.41) is 4.26. The first kappa shape index (κ1) is 17.2. The summed E-state index contributed by atoms with van der Waals surface area (Å²) in [4.78, 5) is 28.6. The summed E-state index contributed by atoms with van der Waals surface area (Å²) in [6, 6.07) is 8.25. The van der Waals surface area contributed by atoms with E-state index < -0.39 is 5.97 Å². The van der Waals surface area contributed by atoms with Crippen molar-refractivity contribution in [3.8, 4) is 0 Å². The minimum atomic E-state index is -0.446. The molecule has 0 unspecified atom stereocenters. The Kier molecular flexibility index (Phi) is 4.85. The van der Waals surface area contributed by atoms with Gasteiger partial charge in [0, 0.05) is 11.7 Å². The van der Waals surface area contributed by atoms with Crippen LogP contribution in [0.5, 0.6) is 0 Å². The van der Waals surface area contributed by atoms with Crippen LogP contribution in [0.1, 0.15) is 27.9 Å². The van der Waals surface area contributed by atoms with Crippen LogP contribution >= 0.6 is 11.3 Å². The molecular formula is C18H19N3O3S. The molecule has 25 heavy (non-hydrogen) atoms. The summed E-state index contributed by atoms with van der Waals surface area (Å²) in [6.45, 7) is 4.01. The van der Waals surface area contributed by atoms with Crippen molar-refractivity contribution in [3.05, 3.63) is 46.6 Å². The van der Waals surface area contributed by atoms with E-state index in [2.05, 4.69) is 29.4 Å². The maximum Gasteiger partial charge on any atom is 0.350 e. The molecule has 0 saturated carbocycles. The van der Waals surface area contributed by atoms with Gasteiger partial charge in [0.1, 0.15) is 11.4 Å². The normalized spacial score (nSPS) is 10.8. The van der Waals surface area contributed by atoms with Gasteiger partial charge in [0.25, 0.3) is 0 Å². The molecule has 1 amide bonds. The summed E-state index contributed by atoms with van der Waals surface area (Å²) in [6.07, 6.45) is 2.88. The molecule has 1 aromatic carbocycles. The van der Waals surface area contributed by atoms with Crippen molar-refractivity contribution < 1.29 is 14.3 Å². The predicted octanol–water partition coefficient (Wildman–Crippen LogP) is 3.39. The topological polar surface area (TPSA) is 73.2 Å². The molecule has 0 aliphatic heterocycles. The van der Waals surface area contributed by atoms with Crippen LogP contribution in [0.15, 0.2) is 30.5 Å². The molecule has 3 rings (SSSR count). The first-order valence-electron chi connectivity index (χ1n) is 7.95. The van der Waals surface area contributed by atoms with Crippen molar-refractivity contribution in [1.29, 1.82) is 0 Å². The number of hydrogen-bond donors (Lipinski definition) is 1. The van der Waals surface area contributed by atoms with Crippen LogP contribution in [0.3, 0.4) is 0 Å². The first-order valence-corrected chi connectivity index (χ1v) is 8.76. The van der Waals surface area contributed by atoms with Gasteiger partial charge in [-0.1, -0.05) is 24.3 Å². The summed E-state index contributed by atoms with van der Waals surface area (Å²) in [5.74, 6) is -0.638. The van der Waals surface area contributed by atoms with Crippen molar-refractivity contribution in [2.75, 3.05) is 12.4 Å². The third kappa shape index (κ3) is 3.56. The van der Waals surface area contributed by atoms with E-state index in [9.17, 15) is 9.59 Å². The van der Waals surface area contributed by atoms with Gasteiger partial charge in [0.2, 0.25) is 5.91 Å². The molecule has 3 aromatic rings. The first-order chi connectivity index (χ1) is 12.0. The van der Waals surface area contributed by atoms with E-state index in [0.29, 0.717) is 15.7 Å². The highest BCUT2D eigenvalue weighted by Crippen LogP contribution is 2.23. The van der Waals surface area contributed by atoms with Gasteiger partial charge in [-0.05, 0) is 42.5 Å². The molecule has 130 valence electrons. The lowest BCUT2D eigenvalue weighted by Crippen LogP contribution is -2.18. The fourth-order valence-corrected chi connectivity index (χ4v) is 3.55. The highest BCUT2D eigenvalue weighted by molar-refractivity contribution is 7.17. The zero-order valence-corrected chi connectivity index (χ0v) is 15.1. The lowest BCUT2D eigenvalue weighted by Gasteiger charge is -2.06. The van der Waals surface area contributed by atoms with Crippen molar-refractivity contribution in [1.82, 2.24) is 9.55 Å². The van der Waals surface area contributed by atoms with Crippen molar-refractivity contribution in [2.45, 2.75) is 26.8 Å². The molecule has 0 aliphatic rings. The molecule has 0 fully saturated rings. The quantitative estimate of drug-likeness (QED) is 0.710. The van der Waals surface area contributed by atoms with E-state index >= 15 is 0 Å². The second kappa shape index (κ2) is 7.06. The van der Waals surface area contributed by atoms with Crippen LogP contribution in [-0.2, 0) is 22.5 Å². The average Bonchev–Trinajstić information content (AvgIpc) is 3.17. The zero-order chi connectivity index (χ0) is 18.0. The summed E-state index contributed by atoms with van der Waals surface area (Å²) < 4.78 is 6.60. The monoisotopic (exact) mass is 357 g/mol. The highest BCUT2D eigenvalue weighted by atomic mass is 32.1. The van der Waals surface area contributed by atoms with E-state index in [1.165, 1.54) is 12.7 Å². The number of methoxy groups -OCH3 is 1. The number of rotatable bonds is 5. The smallest absolute Gasteiger partial charge is 0.350 e. The Morgan fingerprint density at radius 1 is 1.32 bits per heavy atom. The van der Waals surface area contributed by atoms with Crippen LogP contribution < -0.4 is 5.32 Å². The number of esters is 1. The lowest BCUT2D eigenvalue weighted by atomic mass is 10.1. The number of carbonyl (C=O) groups is 2. The van der Waals surface area contributed by atoms with E-state index in [1.807, 2.05) is 22.9 Å². The molecule has 0 radical (unpaired) electrons. The third-order valence-corrected chi connectivity index (χ3v) is 5.02. The Bertz CT molecular complexity index is 942. The number of amides is 1. The molecule has 7 heteroatoms. The lowest BCUT2D eigenvalue weighted by molar-refractivity contribution is -0.116. The number of anilines is 1. The van der Waals surface area contributed by atoms with E-state index in [1.54, 1.807) is 6.92 Å². The number of hydrogen-bond acceptors (Lipinski definition) is 5. The van der Waals surface area contributed by atoms with E-state index in [0.717, 1.165) is 28.7 Å². The molecule has 0 saturated heterocycles. The summed E-state index contributed by atoms with van der Waals surface area (Å²) in [7, 11) is 1.32. The van der Waals surface area contributed by atoms with Crippen LogP contribution in [-0.4, -0.2) is 28.5 Å². The largest absolute Gasteiger partial charge is 0.465 e. The Balaban J connectivity index is 1.74. The van der Waals surface area contributed by atoms with Crippen molar-refractivity contribution in [2.24, 2.45) is 0 Å². The number of thiazole rings is 1. The third-order valence-electron chi connectivity index (χ3n) is 3.97. The highest BCUT2D eigenvalue weighted by Gasteiger charge is 2.17. The SMILES string of the molecule is CCc1ccc2c(ccn2CC(=O)Nc2nc(C)c(C(=O)OC)s2)c1. The van der Waals surface area contributed by atoms with Crippen molar-refractivity contribution in [3.63, 3.8) is 0 Å². The van der Waals surface area contributed by atoms with Gasteiger partial charge >= 0.3 is 5.97 Å². The van der Waals surface area contributed by atoms with Crippen molar-refractivity contribution >= 4 is 39.2 Å². The van der Waals surface area contributed by atoms with Gasteiger partial charge in [-0.3, -0.25) is 4.79 Å². The number of ether oxygens (including phenoxy) is 1. The predicted molar refractivity (Wildman–Crippen MR) is 98.1 cm³/mol. The Morgan fingerprint density at radius 3 is 2.84 bits per heavy atom. The molecule has 0 atom stereocenters. The minimum Gasteiger partial charge on any atom is -0.465 e. The number of carbonyl (C=O) groups excluding carboxylic acids is 2. The van der Waals surface area contributed by atoms with Gasteiger partial charge in [0.15, 0.2) is 5.13 Å². The van der Waals surface area contributed by atoms with E-state index in [-0.39, 0.29) is 12.5 Å². The number of aryl methyl sites for hydroxylation is 2. The molecular weight excluding hydrogens is 338 g/mol. The van der Waals surface area contributed by atoms with Crippen LogP contribution in [0.4, 0.5) is 5.13 Å². The second-order valence-electron chi connectivity index (χ2n) is 5.66. The number of benzene rings is 1. The van der Waals surface area contributed by atoms with Gasteiger partial charge in [-0.15, -0.1) is 0 Å². The summed E-state index contributed by atoms with van der Waals surface area (Å²) in [5.41, 5.74) is 2.83. The Hall–Kier alpha value is -2.67. The van der Waals surface area contributed by atoms with Crippen LogP contribution in [0.2, 0.25) is 0 Å². The molecule has 0 spiro atoms. The van der Waals surface area contributed by atoms with Gasteiger partial charge < -0.3 is 14.6 Å². The molecule has 2 heterocycles. The molecule has 6 nitrogen and oxygen atoms in total. The standard InChI is InChI=1S/C18H19N3O3S/c1-4-12-5-6-14-13(9-12)7-8-21(14)10-15(22)20-18-19-11(2)16(25-18)17(23)24-3/h5-9H,4,10H2,1-3H3,(H,19,20,22). The molecule has 0 bridgehead atoms. The van der Waals surface area contributed by atoms with Gasteiger partial charge in [0.05, 0.1) is 12.8 Å². The van der Waals surface area contributed by atoms with Crippen LogP contribution in [0, 0.1) is 6.92 Å². The zero-order valence-electron chi connectivity index (χ0n) is 14.3. The molecule has 2 aromatic heterocycles. The Labute approximate surface area is 149 Å².